The lowest BCUT2D eigenvalue weighted by Gasteiger charge is -2.32. The highest BCUT2D eigenvalue weighted by atomic mass is 16.3. The van der Waals surface area contributed by atoms with E-state index in [1.807, 2.05) is 6.07 Å². The molecule has 108 valence electrons. The molecule has 3 rings (SSSR count). The van der Waals surface area contributed by atoms with Crippen molar-refractivity contribution >= 4 is 11.0 Å². The fourth-order valence-electron chi connectivity index (χ4n) is 3.30. The monoisotopic (exact) mass is 275 g/mol. The Morgan fingerprint density at radius 2 is 2.15 bits per heavy atom. The highest BCUT2D eigenvalue weighted by Gasteiger charge is 2.23. The van der Waals surface area contributed by atoms with Gasteiger partial charge in [-0.1, -0.05) is 13.0 Å². The van der Waals surface area contributed by atoms with Crippen molar-refractivity contribution in [2.75, 3.05) is 19.6 Å². The second-order valence-corrected chi connectivity index (χ2v) is 5.64. The van der Waals surface area contributed by atoms with Crippen molar-refractivity contribution in [2.24, 2.45) is 0 Å². The van der Waals surface area contributed by atoms with Crippen molar-refractivity contribution in [2.45, 2.75) is 32.1 Å². The normalized spacial score (nSPS) is 20.6. The van der Waals surface area contributed by atoms with Crippen LogP contribution in [0.5, 0.6) is 5.75 Å². The van der Waals surface area contributed by atoms with Gasteiger partial charge in [-0.25, -0.2) is 4.79 Å². The number of hydrogen-bond donors (Lipinski definition) is 3. The number of phenols is 1. The number of fused-ring (bicyclic) bond motifs is 1. The number of aromatic hydroxyl groups is 1. The Labute approximate surface area is 117 Å². The number of rotatable bonds is 3. The Bertz CT molecular complexity index is 657. The molecule has 1 fully saturated rings. The van der Waals surface area contributed by atoms with Gasteiger partial charge in [0.15, 0.2) is 0 Å². The van der Waals surface area contributed by atoms with E-state index in [0.717, 1.165) is 37.1 Å². The molecule has 0 bridgehead atoms. The van der Waals surface area contributed by atoms with Crippen LogP contribution in [0, 0.1) is 0 Å². The molecule has 1 atom stereocenters. The van der Waals surface area contributed by atoms with Crippen molar-refractivity contribution in [3.05, 3.63) is 28.2 Å². The minimum Gasteiger partial charge on any atom is -0.506 e. The molecule has 0 spiro atoms. The number of aromatic nitrogens is 2. The molecule has 1 aliphatic heterocycles. The fourth-order valence-corrected chi connectivity index (χ4v) is 3.30. The van der Waals surface area contributed by atoms with Crippen LogP contribution in [-0.2, 0) is 0 Å². The molecule has 5 nitrogen and oxygen atoms in total. The van der Waals surface area contributed by atoms with Crippen LogP contribution in [0.1, 0.15) is 37.7 Å². The molecule has 2 heterocycles. The third-order valence-electron chi connectivity index (χ3n) is 4.18. The largest absolute Gasteiger partial charge is 0.506 e. The zero-order valence-electron chi connectivity index (χ0n) is 11.8. The number of likely N-dealkylation sites (tertiary alicyclic amines) is 1. The molecule has 3 N–H and O–H groups in total. The van der Waals surface area contributed by atoms with E-state index in [9.17, 15) is 9.90 Å². The number of nitrogens with zero attached hydrogens (tertiary/aromatic N) is 1. The van der Waals surface area contributed by atoms with Crippen molar-refractivity contribution in [3.63, 3.8) is 0 Å². The van der Waals surface area contributed by atoms with Gasteiger partial charge in [-0.2, -0.15) is 0 Å². The lowest BCUT2D eigenvalue weighted by atomic mass is 9.89. The number of phenolic OH excluding ortho intramolecular Hbond substituents is 1. The maximum atomic E-state index is 11.5. The molecule has 1 saturated heterocycles. The van der Waals surface area contributed by atoms with Crippen molar-refractivity contribution in [1.29, 1.82) is 0 Å². The first kappa shape index (κ1) is 13.2. The zero-order chi connectivity index (χ0) is 14.1. The smallest absolute Gasteiger partial charge is 0.323 e. The molecular weight excluding hydrogens is 254 g/mol. The standard InChI is InChI=1S/C15H21N3O2/c1-2-7-18-8-3-4-10(9-18)11-5-6-12(19)14-13(11)16-15(20)17-14/h5-6,10,19H,2-4,7-9H2,1H3,(H2,16,17,20). The van der Waals surface area contributed by atoms with Crippen LogP contribution < -0.4 is 5.69 Å². The summed E-state index contributed by atoms with van der Waals surface area (Å²) in [4.78, 5) is 19.5. The van der Waals surface area contributed by atoms with Gasteiger partial charge in [0.25, 0.3) is 0 Å². The van der Waals surface area contributed by atoms with E-state index in [0.29, 0.717) is 11.4 Å². The van der Waals surface area contributed by atoms with Crippen molar-refractivity contribution < 1.29 is 5.11 Å². The predicted molar refractivity (Wildman–Crippen MR) is 79.3 cm³/mol. The highest BCUT2D eigenvalue weighted by Crippen LogP contribution is 2.33. The third-order valence-corrected chi connectivity index (χ3v) is 4.18. The first-order valence-corrected chi connectivity index (χ1v) is 7.35. The Kier molecular flexibility index (Phi) is 3.53. The van der Waals surface area contributed by atoms with Crippen molar-refractivity contribution in [3.8, 4) is 5.75 Å². The summed E-state index contributed by atoms with van der Waals surface area (Å²) in [6.07, 6.45) is 3.48. The Morgan fingerprint density at radius 1 is 1.35 bits per heavy atom. The summed E-state index contributed by atoms with van der Waals surface area (Å²) in [6, 6.07) is 3.63. The van der Waals surface area contributed by atoms with Crippen LogP contribution >= 0.6 is 0 Å². The number of H-pyrrole nitrogens is 2. The van der Waals surface area contributed by atoms with Crippen LogP contribution in [0.25, 0.3) is 11.0 Å². The van der Waals surface area contributed by atoms with Crippen LogP contribution in [0.4, 0.5) is 0 Å². The van der Waals surface area contributed by atoms with E-state index in [2.05, 4.69) is 21.8 Å². The minimum atomic E-state index is -0.260. The zero-order valence-corrected chi connectivity index (χ0v) is 11.8. The van der Waals surface area contributed by atoms with Gasteiger partial charge in [0, 0.05) is 6.54 Å². The number of hydrogen-bond acceptors (Lipinski definition) is 3. The Morgan fingerprint density at radius 3 is 2.95 bits per heavy atom. The van der Waals surface area contributed by atoms with Gasteiger partial charge < -0.3 is 20.0 Å². The molecule has 1 unspecified atom stereocenters. The van der Waals surface area contributed by atoms with Gasteiger partial charge >= 0.3 is 5.69 Å². The minimum absolute atomic E-state index is 0.128. The average molecular weight is 275 g/mol. The van der Waals surface area contributed by atoms with E-state index in [1.54, 1.807) is 6.07 Å². The van der Waals surface area contributed by atoms with Crippen LogP contribution in [0.15, 0.2) is 16.9 Å². The fraction of sp³-hybridized carbons (Fsp3) is 0.533. The maximum Gasteiger partial charge on any atom is 0.323 e. The molecule has 2 aromatic rings. The molecule has 0 aliphatic carbocycles. The highest BCUT2D eigenvalue weighted by molar-refractivity contribution is 5.84. The number of piperidine rings is 1. The van der Waals surface area contributed by atoms with Crippen molar-refractivity contribution in [1.82, 2.24) is 14.9 Å². The lowest BCUT2D eigenvalue weighted by molar-refractivity contribution is 0.209. The van der Waals surface area contributed by atoms with E-state index in [1.165, 1.54) is 12.8 Å². The van der Waals surface area contributed by atoms with Crippen LogP contribution in [-0.4, -0.2) is 39.6 Å². The van der Waals surface area contributed by atoms with Gasteiger partial charge in [-0.05, 0) is 49.9 Å². The van der Waals surface area contributed by atoms with Gasteiger partial charge in [0.2, 0.25) is 0 Å². The second kappa shape index (κ2) is 5.32. The molecule has 0 amide bonds. The van der Waals surface area contributed by atoms with Gasteiger partial charge in [0.1, 0.15) is 11.3 Å². The molecule has 0 saturated carbocycles. The topological polar surface area (TPSA) is 72.1 Å². The number of aromatic amines is 2. The van der Waals surface area contributed by atoms with E-state index < -0.39 is 0 Å². The molecule has 20 heavy (non-hydrogen) atoms. The van der Waals surface area contributed by atoms with Crippen LogP contribution in [0.3, 0.4) is 0 Å². The third kappa shape index (κ3) is 2.33. The number of benzene rings is 1. The first-order chi connectivity index (χ1) is 9.69. The van der Waals surface area contributed by atoms with Crippen LogP contribution in [0.2, 0.25) is 0 Å². The summed E-state index contributed by atoms with van der Waals surface area (Å²) in [5, 5.41) is 9.84. The lowest BCUT2D eigenvalue weighted by Crippen LogP contribution is -2.34. The summed E-state index contributed by atoms with van der Waals surface area (Å²) < 4.78 is 0. The molecule has 1 aromatic heterocycles. The number of nitrogens with one attached hydrogen (secondary N) is 2. The first-order valence-electron chi connectivity index (χ1n) is 7.35. The summed E-state index contributed by atoms with van der Waals surface area (Å²) in [5.41, 5.74) is 2.17. The van der Waals surface area contributed by atoms with E-state index in [-0.39, 0.29) is 11.4 Å². The quantitative estimate of drug-likeness (QED) is 0.803. The summed E-state index contributed by atoms with van der Waals surface area (Å²) in [5.74, 6) is 0.549. The molecule has 5 heteroatoms. The maximum absolute atomic E-state index is 11.5. The summed E-state index contributed by atoms with van der Waals surface area (Å²) >= 11 is 0. The molecule has 1 aromatic carbocycles. The molecule has 0 radical (unpaired) electrons. The summed E-state index contributed by atoms with van der Waals surface area (Å²) in [7, 11) is 0. The van der Waals surface area contributed by atoms with Gasteiger partial charge in [-0.3, -0.25) is 0 Å². The van der Waals surface area contributed by atoms with E-state index >= 15 is 0 Å². The van der Waals surface area contributed by atoms with Gasteiger partial charge in [0.05, 0.1) is 5.52 Å². The SMILES string of the molecule is CCCN1CCCC(c2ccc(O)c3[nH]c(=O)[nH]c23)C1. The Hall–Kier alpha value is -1.75. The van der Waals surface area contributed by atoms with E-state index in [4.69, 9.17) is 0 Å². The average Bonchev–Trinajstić information content (AvgIpc) is 2.82. The van der Waals surface area contributed by atoms with Gasteiger partial charge in [-0.15, -0.1) is 0 Å². The Balaban J connectivity index is 1.97. The second-order valence-electron chi connectivity index (χ2n) is 5.64. The number of imidazole rings is 1. The molecule has 1 aliphatic rings. The summed E-state index contributed by atoms with van der Waals surface area (Å²) in [6.45, 7) is 5.52. The molecular formula is C15H21N3O2. The predicted octanol–water partition coefficient (Wildman–Crippen LogP) is 2.15.